The van der Waals surface area contributed by atoms with Crippen molar-refractivity contribution in [3.8, 4) is 5.75 Å². The summed E-state index contributed by atoms with van der Waals surface area (Å²) in [7, 11) is -9.45. The van der Waals surface area contributed by atoms with Gasteiger partial charge in [-0.2, -0.15) is 21.9 Å². The number of allylic oxidation sites excluding steroid dienone is 1. The standard InChI is InChI=1S/C25H21N3O7S2/c1-2-6-16-9-10-20(15-22(16)36(30,31)32)27-28-24-23(37(33,34)35)14-17-13-19(11-12-21(17)25(24)29)26-18-7-4-3-5-8-18/h2-15,26,29H,1H3,(H,30,31,32)(H,33,34,35). The molecule has 4 aromatic carbocycles. The Bertz CT molecular complexity index is 1770. The molecular formula is C25H21N3O7S2. The van der Waals surface area contributed by atoms with Gasteiger partial charge < -0.3 is 10.4 Å². The molecule has 0 aliphatic heterocycles. The number of nitrogens with one attached hydrogen (secondary N) is 1. The van der Waals surface area contributed by atoms with Crippen LogP contribution in [0.4, 0.5) is 22.7 Å². The number of fused-ring (bicyclic) bond motifs is 1. The normalized spacial score (nSPS) is 12.5. The summed E-state index contributed by atoms with van der Waals surface area (Å²) in [4.78, 5) is -1.13. The van der Waals surface area contributed by atoms with Crippen molar-refractivity contribution < 1.29 is 31.0 Å². The number of hydrogen-bond donors (Lipinski definition) is 4. The van der Waals surface area contributed by atoms with Crippen LogP contribution in [0.25, 0.3) is 16.8 Å². The van der Waals surface area contributed by atoms with Crippen LogP contribution in [0.15, 0.2) is 98.9 Å². The lowest BCUT2D eigenvalue weighted by atomic mass is 10.1. The van der Waals surface area contributed by atoms with E-state index >= 15 is 0 Å². The van der Waals surface area contributed by atoms with Crippen molar-refractivity contribution >= 4 is 59.8 Å². The number of azo groups is 1. The van der Waals surface area contributed by atoms with E-state index in [2.05, 4.69) is 15.5 Å². The molecule has 4 N–H and O–H groups in total. The number of para-hydroxylation sites is 1. The maximum atomic E-state index is 12.1. The molecular weight excluding hydrogens is 518 g/mol. The third-order valence-electron chi connectivity index (χ3n) is 5.28. The Kier molecular flexibility index (Phi) is 7.09. The molecule has 12 heteroatoms. The van der Waals surface area contributed by atoms with Gasteiger partial charge in [-0.3, -0.25) is 9.11 Å². The molecule has 0 unspecified atom stereocenters. The van der Waals surface area contributed by atoms with E-state index in [-0.39, 0.29) is 16.6 Å². The molecule has 4 rings (SSSR count). The van der Waals surface area contributed by atoms with Gasteiger partial charge in [0, 0.05) is 16.8 Å². The number of hydrogen-bond acceptors (Lipinski definition) is 8. The zero-order valence-electron chi connectivity index (χ0n) is 19.3. The van der Waals surface area contributed by atoms with Crippen LogP contribution in [0.2, 0.25) is 0 Å². The Labute approximate surface area is 213 Å². The minimum Gasteiger partial charge on any atom is -0.505 e. The Morgan fingerprint density at radius 2 is 1.49 bits per heavy atom. The summed E-state index contributed by atoms with van der Waals surface area (Å²) in [5, 5.41) is 22.2. The lowest BCUT2D eigenvalue weighted by molar-refractivity contribution is 0.472. The Morgan fingerprint density at radius 3 is 2.14 bits per heavy atom. The molecule has 0 bridgehead atoms. The van der Waals surface area contributed by atoms with Crippen LogP contribution in [-0.2, 0) is 20.2 Å². The third kappa shape index (κ3) is 5.84. The van der Waals surface area contributed by atoms with E-state index in [4.69, 9.17) is 0 Å². The van der Waals surface area contributed by atoms with Crippen LogP contribution in [0.1, 0.15) is 12.5 Å². The zero-order chi connectivity index (χ0) is 26.8. The highest BCUT2D eigenvalue weighted by Crippen LogP contribution is 2.42. The number of phenols is 1. The quantitative estimate of drug-likeness (QED) is 0.158. The predicted molar refractivity (Wildman–Crippen MR) is 140 cm³/mol. The Balaban J connectivity index is 1.82. The molecule has 4 aromatic rings. The lowest BCUT2D eigenvalue weighted by Crippen LogP contribution is -2.00. The van der Waals surface area contributed by atoms with Gasteiger partial charge in [-0.1, -0.05) is 36.4 Å². The smallest absolute Gasteiger partial charge is 0.296 e. The highest BCUT2D eigenvalue weighted by Gasteiger charge is 2.22. The van der Waals surface area contributed by atoms with Gasteiger partial charge in [0.25, 0.3) is 20.2 Å². The van der Waals surface area contributed by atoms with Crippen LogP contribution >= 0.6 is 0 Å². The largest absolute Gasteiger partial charge is 0.505 e. The average molecular weight is 540 g/mol. The average Bonchev–Trinajstić information content (AvgIpc) is 2.83. The molecule has 0 aliphatic carbocycles. The predicted octanol–water partition coefficient (Wildman–Crippen LogP) is 6.23. The number of phenolic OH excluding ortho intramolecular Hbond substituents is 1. The van der Waals surface area contributed by atoms with E-state index in [1.807, 2.05) is 30.3 Å². The molecule has 0 aliphatic rings. The van der Waals surface area contributed by atoms with Crippen molar-refractivity contribution in [1.29, 1.82) is 0 Å². The van der Waals surface area contributed by atoms with E-state index in [9.17, 15) is 31.0 Å². The molecule has 0 aromatic heterocycles. The highest BCUT2D eigenvalue weighted by atomic mass is 32.2. The first-order valence-electron chi connectivity index (χ1n) is 10.7. The Hall–Kier alpha value is -4.10. The highest BCUT2D eigenvalue weighted by molar-refractivity contribution is 7.86. The van der Waals surface area contributed by atoms with Gasteiger partial charge in [0.05, 0.1) is 5.69 Å². The van der Waals surface area contributed by atoms with Crippen molar-refractivity contribution in [2.24, 2.45) is 10.2 Å². The maximum absolute atomic E-state index is 12.1. The van der Waals surface area contributed by atoms with Crippen molar-refractivity contribution in [3.05, 3.63) is 84.4 Å². The van der Waals surface area contributed by atoms with Gasteiger partial charge >= 0.3 is 0 Å². The fourth-order valence-corrected chi connectivity index (χ4v) is 5.01. The molecule has 0 amide bonds. The van der Waals surface area contributed by atoms with Gasteiger partial charge in [-0.25, -0.2) is 0 Å². The second kappa shape index (κ2) is 10.1. The topological polar surface area (TPSA) is 166 Å². The first-order valence-corrected chi connectivity index (χ1v) is 13.6. The van der Waals surface area contributed by atoms with Gasteiger partial charge in [0.15, 0.2) is 5.75 Å². The molecule has 0 heterocycles. The molecule has 10 nitrogen and oxygen atoms in total. The van der Waals surface area contributed by atoms with Crippen LogP contribution in [0.3, 0.4) is 0 Å². The van der Waals surface area contributed by atoms with Crippen molar-refractivity contribution in [2.45, 2.75) is 16.7 Å². The van der Waals surface area contributed by atoms with Crippen LogP contribution in [0, 0.1) is 0 Å². The molecule has 0 spiro atoms. The van der Waals surface area contributed by atoms with Crippen LogP contribution in [0.5, 0.6) is 5.75 Å². The molecule has 190 valence electrons. The minimum atomic E-state index is -4.85. The second-order valence-electron chi connectivity index (χ2n) is 7.87. The van der Waals surface area contributed by atoms with Crippen molar-refractivity contribution in [2.75, 3.05) is 5.32 Å². The number of rotatable bonds is 7. The molecule has 0 saturated carbocycles. The van der Waals surface area contributed by atoms with Crippen LogP contribution in [-0.4, -0.2) is 31.0 Å². The molecule has 0 fully saturated rings. The minimum absolute atomic E-state index is 0.0518. The lowest BCUT2D eigenvalue weighted by Gasteiger charge is -2.11. The first kappa shape index (κ1) is 26.0. The first-order chi connectivity index (χ1) is 17.5. The number of nitrogens with zero attached hydrogens (tertiary/aromatic N) is 2. The van der Waals surface area contributed by atoms with E-state index in [0.717, 1.165) is 17.8 Å². The summed E-state index contributed by atoms with van der Waals surface area (Å²) < 4.78 is 67.2. The van der Waals surface area contributed by atoms with E-state index < -0.39 is 41.5 Å². The summed E-state index contributed by atoms with van der Waals surface area (Å²) in [6, 6.07) is 19.0. The van der Waals surface area contributed by atoms with Crippen LogP contribution < -0.4 is 5.32 Å². The second-order valence-corrected chi connectivity index (χ2v) is 10.7. The summed E-state index contributed by atoms with van der Waals surface area (Å²) in [6.07, 6.45) is 3.05. The van der Waals surface area contributed by atoms with Crippen molar-refractivity contribution in [3.63, 3.8) is 0 Å². The monoisotopic (exact) mass is 539 g/mol. The van der Waals surface area contributed by atoms with E-state index in [1.54, 1.807) is 31.2 Å². The Morgan fingerprint density at radius 1 is 0.784 bits per heavy atom. The maximum Gasteiger partial charge on any atom is 0.296 e. The van der Waals surface area contributed by atoms with Gasteiger partial charge in [0.2, 0.25) is 0 Å². The fourth-order valence-electron chi connectivity index (χ4n) is 3.64. The summed E-state index contributed by atoms with van der Waals surface area (Å²) in [5.74, 6) is -0.555. The zero-order valence-corrected chi connectivity index (χ0v) is 20.9. The number of anilines is 2. The molecule has 0 radical (unpaired) electrons. The molecule has 0 saturated heterocycles. The van der Waals surface area contributed by atoms with Gasteiger partial charge in [-0.05, 0) is 66.4 Å². The third-order valence-corrected chi connectivity index (χ3v) is 7.05. The summed E-state index contributed by atoms with van der Waals surface area (Å²) in [5.41, 5.74) is 1.01. The summed E-state index contributed by atoms with van der Waals surface area (Å²) in [6.45, 7) is 1.67. The molecule has 0 atom stereocenters. The SMILES string of the molecule is CC=Cc1ccc(N=Nc2c(S(=O)(=O)O)cc3cc(Nc4ccccc4)ccc3c2O)cc1S(=O)(=O)O. The fraction of sp³-hybridized carbons (Fsp3) is 0.0400. The number of benzene rings is 4. The summed E-state index contributed by atoms with van der Waals surface area (Å²) >= 11 is 0. The van der Waals surface area contributed by atoms with Gasteiger partial charge in [-0.15, -0.1) is 5.11 Å². The van der Waals surface area contributed by atoms with E-state index in [1.165, 1.54) is 18.2 Å². The molecule has 37 heavy (non-hydrogen) atoms. The van der Waals surface area contributed by atoms with E-state index in [0.29, 0.717) is 11.1 Å². The van der Waals surface area contributed by atoms with Gasteiger partial charge in [0.1, 0.15) is 15.5 Å². The number of aromatic hydroxyl groups is 1. The van der Waals surface area contributed by atoms with Crippen molar-refractivity contribution in [1.82, 2.24) is 0 Å².